The maximum atomic E-state index is 11.7. The second kappa shape index (κ2) is 5.71. The van der Waals surface area contributed by atoms with Gasteiger partial charge in [0, 0.05) is 12.6 Å². The van der Waals surface area contributed by atoms with Crippen molar-refractivity contribution in [3.63, 3.8) is 0 Å². The molecule has 1 unspecified atom stereocenters. The van der Waals surface area contributed by atoms with Gasteiger partial charge < -0.3 is 15.7 Å². The summed E-state index contributed by atoms with van der Waals surface area (Å²) in [6.45, 7) is 2.45. The molecule has 3 N–H and O–H groups in total. The van der Waals surface area contributed by atoms with Gasteiger partial charge >= 0.3 is 0 Å². The Balaban J connectivity index is 1.82. The van der Waals surface area contributed by atoms with E-state index in [0.717, 1.165) is 18.4 Å². The summed E-state index contributed by atoms with van der Waals surface area (Å²) in [5.74, 6) is 0.272. The van der Waals surface area contributed by atoms with Crippen LogP contribution in [0.25, 0.3) is 0 Å². The van der Waals surface area contributed by atoms with Crippen LogP contribution in [0.2, 0.25) is 0 Å². The van der Waals surface area contributed by atoms with E-state index in [-0.39, 0.29) is 17.7 Å². The Morgan fingerprint density at radius 3 is 2.89 bits per heavy atom. The highest BCUT2D eigenvalue weighted by Gasteiger charge is 2.25. The molecular formula is C13H17BrN2O2. The van der Waals surface area contributed by atoms with E-state index in [4.69, 9.17) is 0 Å². The second-order valence-corrected chi connectivity index (χ2v) is 5.53. The smallest absolute Gasteiger partial charge is 0.237 e. The van der Waals surface area contributed by atoms with Crippen molar-refractivity contribution < 1.29 is 9.90 Å². The third kappa shape index (κ3) is 3.71. The van der Waals surface area contributed by atoms with Gasteiger partial charge in [0.15, 0.2) is 0 Å². The van der Waals surface area contributed by atoms with Crippen LogP contribution in [-0.4, -0.2) is 23.1 Å². The fraction of sp³-hybridized carbons (Fsp3) is 0.462. The summed E-state index contributed by atoms with van der Waals surface area (Å²) in [6.07, 6.45) is 2.20. The maximum Gasteiger partial charge on any atom is 0.237 e. The first-order valence-electron chi connectivity index (χ1n) is 6.07. The van der Waals surface area contributed by atoms with Crippen LogP contribution in [0.3, 0.4) is 0 Å². The van der Waals surface area contributed by atoms with E-state index in [1.54, 1.807) is 6.07 Å². The number of halogens is 1. The molecule has 2 rings (SSSR count). The van der Waals surface area contributed by atoms with Crippen LogP contribution in [0.5, 0.6) is 5.75 Å². The van der Waals surface area contributed by atoms with Gasteiger partial charge in [-0.3, -0.25) is 4.79 Å². The van der Waals surface area contributed by atoms with Gasteiger partial charge in [-0.1, -0.05) is 6.07 Å². The van der Waals surface area contributed by atoms with Crippen molar-refractivity contribution in [3.05, 3.63) is 28.2 Å². The molecule has 18 heavy (non-hydrogen) atoms. The molecule has 0 aromatic heterocycles. The molecule has 5 heteroatoms. The molecule has 1 aliphatic rings. The van der Waals surface area contributed by atoms with E-state index in [1.807, 2.05) is 19.1 Å². The van der Waals surface area contributed by atoms with Gasteiger partial charge in [-0.15, -0.1) is 0 Å². The molecule has 0 aliphatic heterocycles. The molecule has 1 aliphatic carbocycles. The largest absolute Gasteiger partial charge is 0.507 e. The lowest BCUT2D eigenvalue weighted by atomic mass is 10.2. The zero-order valence-electron chi connectivity index (χ0n) is 10.2. The van der Waals surface area contributed by atoms with E-state index in [0.29, 0.717) is 17.1 Å². The summed E-state index contributed by atoms with van der Waals surface area (Å²) in [5.41, 5.74) is 1.02. The summed E-state index contributed by atoms with van der Waals surface area (Å²) in [6, 6.07) is 5.49. The Hall–Kier alpha value is -1.07. The second-order valence-electron chi connectivity index (χ2n) is 4.67. The number of hydrogen-bond donors (Lipinski definition) is 3. The predicted molar refractivity (Wildman–Crippen MR) is 73.3 cm³/mol. The zero-order chi connectivity index (χ0) is 13.1. The maximum absolute atomic E-state index is 11.7. The molecule has 0 bridgehead atoms. The van der Waals surface area contributed by atoms with Crippen molar-refractivity contribution in [3.8, 4) is 5.75 Å². The molecule has 0 saturated heterocycles. The van der Waals surface area contributed by atoms with Gasteiger partial charge in [0.1, 0.15) is 5.75 Å². The minimum atomic E-state index is -0.210. The average molecular weight is 313 g/mol. The van der Waals surface area contributed by atoms with Crippen molar-refractivity contribution >= 4 is 21.8 Å². The van der Waals surface area contributed by atoms with Crippen molar-refractivity contribution in [2.75, 3.05) is 0 Å². The van der Waals surface area contributed by atoms with Gasteiger partial charge in [0.25, 0.3) is 0 Å². The lowest BCUT2D eigenvalue weighted by molar-refractivity contribution is -0.122. The Morgan fingerprint density at radius 2 is 2.28 bits per heavy atom. The molecule has 1 atom stereocenters. The first-order valence-corrected chi connectivity index (χ1v) is 6.86. The highest BCUT2D eigenvalue weighted by Crippen LogP contribution is 2.24. The first kappa shape index (κ1) is 13.4. The summed E-state index contributed by atoms with van der Waals surface area (Å²) < 4.78 is 0.664. The number of amides is 1. The Morgan fingerprint density at radius 1 is 1.56 bits per heavy atom. The number of rotatable bonds is 5. The van der Waals surface area contributed by atoms with Crippen LogP contribution in [0.1, 0.15) is 25.3 Å². The molecule has 1 saturated carbocycles. The van der Waals surface area contributed by atoms with E-state index in [9.17, 15) is 9.90 Å². The van der Waals surface area contributed by atoms with Crippen LogP contribution in [0, 0.1) is 0 Å². The van der Waals surface area contributed by atoms with Crippen molar-refractivity contribution in [2.45, 2.75) is 38.4 Å². The number of aromatic hydroxyl groups is 1. The lowest BCUT2D eigenvalue weighted by Crippen LogP contribution is -2.42. The third-order valence-corrected chi connectivity index (χ3v) is 3.58. The highest BCUT2D eigenvalue weighted by molar-refractivity contribution is 9.10. The quantitative estimate of drug-likeness (QED) is 0.778. The Kier molecular flexibility index (Phi) is 4.24. The molecule has 4 nitrogen and oxygen atoms in total. The summed E-state index contributed by atoms with van der Waals surface area (Å²) in [7, 11) is 0. The summed E-state index contributed by atoms with van der Waals surface area (Å²) in [4.78, 5) is 11.7. The first-order chi connectivity index (χ1) is 8.56. The molecule has 98 valence electrons. The molecule has 0 heterocycles. The van der Waals surface area contributed by atoms with Gasteiger partial charge in [-0.05, 0) is 53.4 Å². The van der Waals surface area contributed by atoms with Gasteiger partial charge in [0.2, 0.25) is 5.91 Å². The van der Waals surface area contributed by atoms with Crippen molar-refractivity contribution in [1.29, 1.82) is 0 Å². The number of hydrogen-bond acceptors (Lipinski definition) is 3. The number of carbonyl (C=O) groups is 1. The molecule has 0 spiro atoms. The predicted octanol–water partition coefficient (Wildman–Crippen LogP) is 1.91. The molecule has 1 fully saturated rings. The number of carbonyl (C=O) groups excluding carboxylic acids is 1. The zero-order valence-corrected chi connectivity index (χ0v) is 11.8. The molecule has 1 aromatic carbocycles. The standard InChI is InChI=1S/C13H17BrN2O2/c1-8(13(18)16-10-3-4-10)15-7-9-2-5-12(17)11(14)6-9/h2,5-6,8,10,15,17H,3-4,7H2,1H3,(H,16,18). The van der Waals surface area contributed by atoms with Crippen LogP contribution < -0.4 is 10.6 Å². The molecule has 0 radical (unpaired) electrons. The van der Waals surface area contributed by atoms with E-state index >= 15 is 0 Å². The number of nitrogens with one attached hydrogen (secondary N) is 2. The number of phenols is 1. The van der Waals surface area contributed by atoms with E-state index in [2.05, 4.69) is 26.6 Å². The van der Waals surface area contributed by atoms with Gasteiger partial charge in [-0.25, -0.2) is 0 Å². The Bertz CT molecular complexity index is 447. The minimum Gasteiger partial charge on any atom is -0.507 e. The van der Waals surface area contributed by atoms with Crippen molar-refractivity contribution in [2.24, 2.45) is 0 Å². The van der Waals surface area contributed by atoms with Crippen LogP contribution in [0.15, 0.2) is 22.7 Å². The van der Waals surface area contributed by atoms with Crippen molar-refractivity contribution in [1.82, 2.24) is 10.6 Å². The van der Waals surface area contributed by atoms with Gasteiger partial charge in [-0.2, -0.15) is 0 Å². The van der Waals surface area contributed by atoms with E-state index in [1.165, 1.54) is 0 Å². The number of phenolic OH excluding ortho intramolecular Hbond substituents is 1. The van der Waals surface area contributed by atoms with Crippen LogP contribution in [-0.2, 0) is 11.3 Å². The fourth-order valence-electron chi connectivity index (χ4n) is 1.58. The SMILES string of the molecule is CC(NCc1ccc(O)c(Br)c1)C(=O)NC1CC1. The topological polar surface area (TPSA) is 61.4 Å². The Labute approximate surface area is 115 Å². The van der Waals surface area contributed by atoms with Crippen LogP contribution >= 0.6 is 15.9 Å². The van der Waals surface area contributed by atoms with Gasteiger partial charge in [0.05, 0.1) is 10.5 Å². The molecular weight excluding hydrogens is 296 g/mol. The normalized spacial score (nSPS) is 16.3. The number of benzene rings is 1. The lowest BCUT2D eigenvalue weighted by Gasteiger charge is -2.14. The molecule has 1 amide bonds. The average Bonchev–Trinajstić information content (AvgIpc) is 3.14. The fourth-order valence-corrected chi connectivity index (χ4v) is 2.00. The minimum absolute atomic E-state index is 0.0512. The molecule has 1 aromatic rings. The third-order valence-electron chi connectivity index (χ3n) is 2.94. The summed E-state index contributed by atoms with van der Waals surface area (Å²) >= 11 is 3.27. The van der Waals surface area contributed by atoms with Crippen LogP contribution in [0.4, 0.5) is 0 Å². The van der Waals surface area contributed by atoms with E-state index < -0.39 is 0 Å². The highest BCUT2D eigenvalue weighted by atomic mass is 79.9. The monoisotopic (exact) mass is 312 g/mol. The summed E-state index contributed by atoms with van der Waals surface area (Å²) in [5, 5.41) is 15.5.